The van der Waals surface area contributed by atoms with E-state index in [4.69, 9.17) is 4.74 Å². The summed E-state index contributed by atoms with van der Waals surface area (Å²) in [6.07, 6.45) is 1.85. The molecule has 5 nitrogen and oxygen atoms in total. The van der Waals surface area contributed by atoms with E-state index in [0.717, 1.165) is 5.56 Å². The predicted molar refractivity (Wildman–Crippen MR) is 53.0 cm³/mol. The van der Waals surface area contributed by atoms with Crippen molar-refractivity contribution >= 4 is 5.97 Å². The number of hydrogen-bond acceptors (Lipinski definition) is 5. The number of aromatic nitrogens is 2. The van der Waals surface area contributed by atoms with Crippen LogP contribution in [-0.2, 0) is 16.0 Å². The topological polar surface area (TPSA) is 72.3 Å². The lowest BCUT2D eigenvalue weighted by Crippen LogP contribution is -2.27. The maximum absolute atomic E-state index is 11.2. The molecule has 0 fully saturated rings. The first-order valence-corrected chi connectivity index (χ1v) is 4.73. The molecule has 1 atom stereocenters. The highest BCUT2D eigenvalue weighted by Crippen LogP contribution is 2.03. The fraction of sp³-hybridized carbons (Fsp3) is 0.500. The van der Waals surface area contributed by atoms with E-state index in [1.807, 2.05) is 0 Å². The zero-order valence-electron chi connectivity index (χ0n) is 8.75. The predicted octanol–water partition coefficient (Wildman–Crippen LogP) is 0.332. The summed E-state index contributed by atoms with van der Waals surface area (Å²) in [5, 5.41) is 16.7. The van der Waals surface area contributed by atoms with Gasteiger partial charge in [0.15, 0.2) is 6.10 Å². The van der Waals surface area contributed by atoms with Gasteiger partial charge in [0.1, 0.15) is 0 Å². The van der Waals surface area contributed by atoms with Gasteiger partial charge in [0.05, 0.1) is 12.3 Å². The molecule has 0 spiro atoms. The number of aliphatic hydroxyl groups is 1. The molecular formula is C10H14N2O3. The van der Waals surface area contributed by atoms with Crippen LogP contribution in [0.2, 0.25) is 0 Å². The summed E-state index contributed by atoms with van der Waals surface area (Å²) in [4.78, 5) is 11.2. The molecule has 1 rings (SSSR count). The van der Waals surface area contributed by atoms with Gasteiger partial charge in [0.2, 0.25) is 0 Å². The van der Waals surface area contributed by atoms with E-state index in [9.17, 15) is 9.90 Å². The molecule has 0 bridgehead atoms. The Morgan fingerprint density at radius 2 is 2.27 bits per heavy atom. The third-order valence-electron chi connectivity index (χ3n) is 1.70. The van der Waals surface area contributed by atoms with Gasteiger partial charge < -0.3 is 9.84 Å². The molecule has 82 valence electrons. The third-order valence-corrected chi connectivity index (χ3v) is 1.70. The molecule has 0 aliphatic carbocycles. The van der Waals surface area contributed by atoms with Crippen LogP contribution in [0.4, 0.5) is 0 Å². The number of hydrogen-bond donors (Lipinski definition) is 1. The zero-order valence-corrected chi connectivity index (χ0v) is 8.75. The van der Waals surface area contributed by atoms with Crippen LogP contribution in [0.5, 0.6) is 0 Å². The standard InChI is InChI=1S/C10H14N2O3/c1-7(2)15-10(14)9(13)5-8-3-4-11-12-6-8/h3-4,6-7,9,13H,5H2,1-2H3. The number of esters is 1. The van der Waals surface area contributed by atoms with Crippen molar-refractivity contribution in [2.75, 3.05) is 0 Å². The Labute approximate surface area is 88.1 Å². The Bertz CT molecular complexity index is 314. The smallest absolute Gasteiger partial charge is 0.335 e. The van der Waals surface area contributed by atoms with Crippen molar-refractivity contribution in [1.82, 2.24) is 10.2 Å². The highest BCUT2D eigenvalue weighted by molar-refractivity contribution is 5.74. The molecule has 1 unspecified atom stereocenters. The minimum Gasteiger partial charge on any atom is -0.461 e. The maximum Gasteiger partial charge on any atom is 0.335 e. The van der Waals surface area contributed by atoms with Crippen molar-refractivity contribution in [3.63, 3.8) is 0 Å². The number of ether oxygens (including phenoxy) is 1. The second-order valence-electron chi connectivity index (χ2n) is 3.46. The van der Waals surface area contributed by atoms with Crippen molar-refractivity contribution in [2.45, 2.75) is 32.5 Å². The molecule has 15 heavy (non-hydrogen) atoms. The second kappa shape index (κ2) is 5.41. The number of carbonyl (C=O) groups excluding carboxylic acids is 1. The summed E-state index contributed by atoms with van der Waals surface area (Å²) in [5.74, 6) is -0.609. The van der Waals surface area contributed by atoms with Crippen LogP contribution in [0.15, 0.2) is 18.5 Å². The first kappa shape index (κ1) is 11.6. The monoisotopic (exact) mass is 210 g/mol. The molecule has 1 heterocycles. The van der Waals surface area contributed by atoms with Crippen LogP contribution >= 0.6 is 0 Å². The fourth-order valence-corrected chi connectivity index (χ4v) is 1.06. The molecule has 1 N–H and O–H groups in total. The van der Waals surface area contributed by atoms with Gasteiger partial charge in [-0.3, -0.25) is 0 Å². The van der Waals surface area contributed by atoms with E-state index in [-0.39, 0.29) is 12.5 Å². The van der Waals surface area contributed by atoms with Crippen molar-refractivity contribution < 1.29 is 14.6 Å². The highest BCUT2D eigenvalue weighted by Gasteiger charge is 2.18. The Morgan fingerprint density at radius 1 is 1.53 bits per heavy atom. The van der Waals surface area contributed by atoms with E-state index < -0.39 is 12.1 Å². The Kier molecular flexibility index (Phi) is 4.17. The van der Waals surface area contributed by atoms with Crippen LogP contribution in [0.3, 0.4) is 0 Å². The van der Waals surface area contributed by atoms with Crippen molar-refractivity contribution in [3.8, 4) is 0 Å². The summed E-state index contributed by atoms with van der Waals surface area (Å²) < 4.78 is 4.86. The van der Waals surface area contributed by atoms with Gasteiger partial charge in [-0.1, -0.05) is 0 Å². The van der Waals surface area contributed by atoms with Gasteiger partial charge in [0.25, 0.3) is 0 Å². The van der Waals surface area contributed by atoms with Crippen LogP contribution in [-0.4, -0.2) is 33.5 Å². The first-order valence-electron chi connectivity index (χ1n) is 4.73. The van der Waals surface area contributed by atoms with E-state index in [1.54, 1.807) is 19.9 Å². The second-order valence-corrected chi connectivity index (χ2v) is 3.46. The van der Waals surface area contributed by atoms with E-state index in [2.05, 4.69) is 10.2 Å². The quantitative estimate of drug-likeness (QED) is 0.725. The van der Waals surface area contributed by atoms with Gasteiger partial charge in [-0.2, -0.15) is 10.2 Å². The molecule has 5 heteroatoms. The molecule has 0 aromatic carbocycles. The van der Waals surface area contributed by atoms with Crippen LogP contribution in [0.1, 0.15) is 19.4 Å². The Balaban J connectivity index is 2.49. The van der Waals surface area contributed by atoms with Crippen LogP contribution in [0, 0.1) is 0 Å². The van der Waals surface area contributed by atoms with Gasteiger partial charge in [0, 0.05) is 12.6 Å². The minimum absolute atomic E-state index is 0.196. The summed E-state index contributed by atoms with van der Waals surface area (Å²) in [6.45, 7) is 3.47. The molecule has 0 aliphatic heterocycles. The van der Waals surface area contributed by atoms with Crippen molar-refractivity contribution in [2.24, 2.45) is 0 Å². The lowest BCUT2D eigenvalue weighted by atomic mass is 10.1. The number of nitrogens with zero attached hydrogens (tertiary/aromatic N) is 2. The van der Waals surface area contributed by atoms with E-state index >= 15 is 0 Å². The molecular weight excluding hydrogens is 196 g/mol. The molecule has 0 amide bonds. The van der Waals surface area contributed by atoms with Gasteiger partial charge in [-0.15, -0.1) is 0 Å². The average molecular weight is 210 g/mol. The van der Waals surface area contributed by atoms with Gasteiger partial charge in [-0.05, 0) is 25.5 Å². The van der Waals surface area contributed by atoms with Crippen LogP contribution < -0.4 is 0 Å². The lowest BCUT2D eigenvalue weighted by molar-refractivity contribution is -0.157. The van der Waals surface area contributed by atoms with E-state index in [0.29, 0.717) is 0 Å². The molecule has 0 radical (unpaired) electrons. The summed E-state index contributed by atoms with van der Waals surface area (Å²) >= 11 is 0. The number of aliphatic hydroxyl groups excluding tert-OH is 1. The third kappa shape index (κ3) is 4.03. The van der Waals surface area contributed by atoms with Gasteiger partial charge >= 0.3 is 5.97 Å². The molecule has 1 aromatic rings. The summed E-state index contributed by atoms with van der Waals surface area (Å²) in [5.41, 5.74) is 0.748. The molecule has 1 aromatic heterocycles. The first-order chi connectivity index (χ1) is 7.09. The SMILES string of the molecule is CC(C)OC(=O)C(O)Cc1ccnnc1. The number of rotatable bonds is 4. The van der Waals surface area contributed by atoms with Crippen molar-refractivity contribution in [3.05, 3.63) is 24.0 Å². The van der Waals surface area contributed by atoms with E-state index in [1.165, 1.54) is 12.4 Å². The largest absolute Gasteiger partial charge is 0.461 e. The fourth-order valence-electron chi connectivity index (χ4n) is 1.06. The van der Waals surface area contributed by atoms with Crippen molar-refractivity contribution in [1.29, 1.82) is 0 Å². The average Bonchev–Trinajstić information content (AvgIpc) is 2.18. The molecule has 0 saturated heterocycles. The maximum atomic E-state index is 11.2. The summed E-state index contributed by atoms with van der Waals surface area (Å²) in [7, 11) is 0. The minimum atomic E-state index is -1.14. The summed E-state index contributed by atoms with van der Waals surface area (Å²) in [6, 6.07) is 1.69. The normalized spacial score (nSPS) is 12.5. The highest BCUT2D eigenvalue weighted by atomic mass is 16.6. The lowest BCUT2D eigenvalue weighted by Gasteiger charge is -2.12. The number of carbonyl (C=O) groups is 1. The molecule has 0 saturated carbocycles. The Morgan fingerprint density at radius 3 is 2.80 bits per heavy atom. The van der Waals surface area contributed by atoms with Crippen LogP contribution in [0.25, 0.3) is 0 Å². The Hall–Kier alpha value is -1.49. The zero-order chi connectivity index (χ0) is 11.3. The molecule has 0 aliphatic rings. The van der Waals surface area contributed by atoms with Gasteiger partial charge in [-0.25, -0.2) is 4.79 Å².